The molecule has 3 rings (SSSR count). The van der Waals surface area contributed by atoms with Crippen LogP contribution in [0, 0.1) is 0 Å². The number of nitrogens with one attached hydrogen (secondary N) is 1. The lowest BCUT2D eigenvalue weighted by atomic mass is 10.1. The molecule has 25 heavy (non-hydrogen) atoms. The van der Waals surface area contributed by atoms with Crippen molar-refractivity contribution in [3.05, 3.63) is 60.2 Å². The average molecular weight is 337 g/mol. The number of piperidine rings is 1. The lowest BCUT2D eigenvalue weighted by molar-refractivity contribution is 0.258. The predicted octanol–water partition coefficient (Wildman–Crippen LogP) is 4.31. The molecule has 5 heteroatoms. The van der Waals surface area contributed by atoms with Gasteiger partial charge in [0.15, 0.2) is 0 Å². The third-order valence-electron chi connectivity index (χ3n) is 4.23. The van der Waals surface area contributed by atoms with Crippen molar-refractivity contribution in [2.24, 2.45) is 4.99 Å². The summed E-state index contributed by atoms with van der Waals surface area (Å²) >= 11 is 0. The molecule has 0 spiro atoms. The number of aliphatic imine (C=N–C) groups is 1. The van der Waals surface area contributed by atoms with Crippen molar-refractivity contribution in [3.63, 3.8) is 0 Å². The van der Waals surface area contributed by atoms with E-state index in [0.717, 1.165) is 49.6 Å². The Kier molecular flexibility index (Phi) is 5.67. The molecule has 0 unspecified atom stereocenters. The molecular formula is C20H23N3O2. The number of methoxy groups -OCH3 is 1. The molecule has 1 aliphatic rings. The van der Waals surface area contributed by atoms with E-state index in [-0.39, 0.29) is 6.03 Å². The van der Waals surface area contributed by atoms with E-state index >= 15 is 0 Å². The molecule has 1 heterocycles. The van der Waals surface area contributed by atoms with Gasteiger partial charge in [-0.3, -0.25) is 0 Å². The number of likely N-dealkylation sites (tertiary alicyclic amines) is 1. The predicted molar refractivity (Wildman–Crippen MR) is 100 cm³/mol. The Morgan fingerprint density at radius 3 is 2.60 bits per heavy atom. The zero-order valence-electron chi connectivity index (χ0n) is 14.4. The van der Waals surface area contributed by atoms with Crippen molar-refractivity contribution in [3.8, 4) is 5.75 Å². The Bertz CT molecular complexity index is 726. The van der Waals surface area contributed by atoms with Crippen LogP contribution in [0.1, 0.15) is 24.8 Å². The summed E-state index contributed by atoms with van der Waals surface area (Å²) in [7, 11) is 1.66. The highest BCUT2D eigenvalue weighted by molar-refractivity contribution is 6.00. The number of urea groups is 1. The molecule has 2 aromatic rings. The van der Waals surface area contributed by atoms with Gasteiger partial charge in [0, 0.05) is 25.2 Å². The number of amides is 2. The number of hydrogen-bond donors (Lipinski definition) is 1. The summed E-state index contributed by atoms with van der Waals surface area (Å²) in [6.07, 6.45) is 3.02. The summed E-state index contributed by atoms with van der Waals surface area (Å²) < 4.78 is 5.20. The minimum atomic E-state index is -0.317. The van der Waals surface area contributed by atoms with Gasteiger partial charge in [-0.2, -0.15) is 4.99 Å². The molecule has 1 N–H and O–H groups in total. The van der Waals surface area contributed by atoms with Crippen LogP contribution in [-0.4, -0.2) is 30.4 Å². The molecule has 0 aromatic heterocycles. The summed E-state index contributed by atoms with van der Waals surface area (Å²) in [5, 5.41) is 2.82. The van der Waals surface area contributed by atoms with Crippen molar-refractivity contribution in [1.82, 2.24) is 4.90 Å². The number of carbonyl (C=O) groups excluding carboxylic acids is 1. The topological polar surface area (TPSA) is 53.9 Å². The van der Waals surface area contributed by atoms with Crippen LogP contribution in [0.2, 0.25) is 0 Å². The lowest BCUT2D eigenvalue weighted by Crippen LogP contribution is -2.35. The first-order valence-corrected chi connectivity index (χ1v) is 8.56. The highest BCUT2D eigenvalue weighted by Gasteiger charge is 2.18. The molecule has 1 aliphatic heterocycles. The van der Waals surface area contributed by atoms with Crippen molar-refractivity contribution < 1.29 is 9.53 Å². The van der Waals surface area contributed by atoms with Crippen molar-refractivity contribution >= 4 is 17.6 Å². The fraction of sp³-hybridized carbons (Fsp3) is 0.300. The van der Waals surface area contributed by atoms with E-state index < -0.39 is 0 Å². The maximum Gasteiger partial charge on any atom is 0.347 e. The molecular weight excluding hydrogens is 314 g/mol. The molecule has 0 aliphatic carbocycles. The van der Waals surface area contributed by atoms with Crippen LogP contribution in [-0.2, 0) is 6.54 Å². The van der Waals surface area contributed by atoms with Crippen LogP contribution in [0.25, 0.3) is 0 Å². The first kappa shape index (κ1) is 17.0. The lowest BCUT2D eigenvalue weighted by Gasteiger charge is -2.30. The van der Waals surface area contributed by atoms with E-state index in [1.165, 1.54) is 5.56 Å². The van der Waals surface area contributed by atoms with Gasteiger partial charge < -0.3 is 15.0 Å². The minimum Gasteiger partial charge on any atom is -0.497 e. The summed E-state index contributed by atoms with van der Waals surface area (Å²) in [5.41, 5.74) is 1.94. The molecule has 1 fully saturated rings. The smallest absolute Gasteiger partial charge is 0.347 e. The highest BCUT2D eigenvalue weighted by atomic mass is 16.5. The zero-order valence-corrected chi connectivity index (χ0v) is 14.4. The number of carbonyl (C=O) groups is 1. The fourth-order valence-corrected chi connectivity index (χ4v) is 2.91. The van der Waals surface area contributed by atoms with E-state index in [4.69, 9.17) is 4.74 Å². The van der Waals surface area contributed by atoms with Gasteiger partial charge in [-0.15, -0.1) is 0 Å². The zero-order chi connectivity index (χ0) is 17.5. The third-order valence-corrected chi connectivity index (χ3v) is 4.23. The van der Waals surface area contributed by atoms with Crippen LogP contribution in [0.4, 0.5) is 10.5 Å². The second-order valence-electron chi connectivity index (χ2n) is 6.05. The fourth-order valence-electron chi connectivity index (χ4n) is 2.91. The number of nitrogens with zero attached hydrogens (tertiary/aromatic N) is 2. The Balaban J connectivity index is 1.68. The molecule has 2 aromatic carbocycles. The van der Waals surface area contributed by atoms with Crippen LogP contribution < -0.4 is 10.1 Å². The Hall–Kier alpha value is -2.82. The first-order chi connectivity index (χ1) is 12.2. The van der Waals surface area contributed by atoms with Crippen LogP contribution in [0.5, 0.6) is 5.75 Å². The maximum atomic E-state index is 12.2. The summed E-state index contributed by atoms with van der Waals surface area (Å²) in [6.45, 7) is 1.67. The highest BCUT2D eigenvalue weighted by Crippen LogP contribution is 2.18. The van der Waals surface area contributed by atoms with Crippen molar-refractivity contribution in [2.75, 3.05) is 19.0 Å². The third kappa shape index (κ3) is 4.83. The number of para-hydroxylation sites is 1. The van der Waals surface area contributed by atoms with Gasteiger partial charge >= 0.3 is 6.03 Å². The number of hydrogen-bond acceptors (Lipinski definition) is 2. The monoisotopic (exact) mass is 337 g/mol. The quantitative estimate of drug-likeness (QED) is 0.904. The SMILES string of the molecule is COc1ccc(CN2CCCC/C2=N/C(=O)Nc2ccccc2)cc1. The van der Waals surface area contributed by atoms with Gasteiger partial charge in [-0.1, -0.05) is 30.3 Å². The molecule has 130 valence electrons. The van der Waals surface area contributed by atoms with Gasteiger partial charge in [0.25, 0.3) is 0 Å². The Morgan fingerprint density at radius 2 is 1.88 bits per heavy atom. The summed E-state index contributed by atoms with van der Waals surface area (Å²) in [6, 6.07) is 17.1. The van der Waals surface area contributed by atoms with Gasteiger partial charge in [0.1, 0.15) is 11.6 Å². The molecule has 2 amide bonds. The number of amidine groups is 1. The number of ether oxygens (including phenoxy) is 1. The Labute approximate surface area is 148 Å². The second kappa shape index (κ2) is 8.33. The van der Waals surface area contributed by atoms with Crippen molar-refractivity contribution in [2.45, 2.75) is 25.8 Å². The van der Waals surface area contributed by atoms with E-state index in [1.54, 1.807) is 7.11 Å². The Morgan fingerprint density at radius 1 is 1.12 bits per heavy atom. The summed E-state index contributed by atoms with van der Waals surface area (Å²) in [4.78, 5) is 18.7. The van der Waals surface area contributed by atoms with Crippen LogP contribution in [0.3, 0.4) is 0 Å². The van der Waals surface area contributed by atoms with Gasteiger partial charge in [-0.25, -0.2) is 4.79 Å². The van der Waals surface area contributed by atoms with Crippen LogP contribution in [0.15, 0.2) is 59.6 Å². The largest absolute Gasteiger partial charge is 0.497 e. The van der Waals surface area contributed by atoms with E-state index in [2.05, 4.69) is 27.3 Å². The minimum absolute atomic E-state index is 0.317. The number of anilines is 1. The van der Waals surface area contributed by atoms with Crippen molar-refractivity contribution in [1.29, 1.82) is 0 Å². The summed E-state index contributed by atoms with van der Waals surface area (Å²) in [5.74, 6) is 1.70. The maximum absolute atomic E-state index is 12.2. The van der Waals surface area contributed by atoms with Gasteiger partial charge in [0.2, 0.25) is 0 Å². The van der Waals surface area contributed by atoms with Crippen LogP contribution >= 0.6 is 0 Å². The van der Waals surface area contributed by atoms with E-state index in [1.807, 2.05) is 42.5 Å². The van der Waals surface area contributed by atoms with Gasteiger partial charge in [-0.05, 0) is 42.7 Å². The number of rotatable bonds is 4. The number of benzene rings is 2. The molecule has 1 saturated heterocycles. The molecule has 0 bridgehead atoms. The average Bonchev–Trinajstić information content (AvgIpc) is 2.65. The van der Waals surface area contributed by atoms with Gasteiger partial charge in [0.05, 0.1) is 7.11 Å². The van der Waals surface area contributed by atoms with E-state index in [9.17, 15) is 4.79 Å². The first-order valence-electron chi connectivity index (χ1n) is 8.56. The van der Waals surface area contributed by atoms with E-state index in [0.29, 0.717) is 0 Å². The second-order valence-corrected chi connectivity index (χ2v) is 6.05. The molecule has 0 atom stereocenters. The normalized spacial score (nSPS) is 15.9. The molecule has 5 nitrogen and oxygen atoms in total. The molecule has 0 saturated carbocycles. The molecule has 0 radical (unpaired) electrons. The standard InChI is InChI=1S/C20H23N3O2/c1-25-18-12-10-16(11-13-18)15-23-14-6-5-9-19(23)22-20(24)21-17-7-3-2-4-8-17/h2-4,7-8,10-13H,5-6,9,14-15H2,1H3,(H,21,24)/b22-19-.